The number of sulfonamides is 1. The van der Waals surface area contributed by atoms with E-state index in [9.17, 15) is 18.0 Å². The summed E-state index contributed by atoms with van der Waals surface area (Å²) in [6, 6.07) is 18.3. The molecule has 8 nitrogen and oxygen atoms in total. The van der Waals surface area contributed by atoms with Gasteiger partial charge in [0.2, 0.25) is 11.8 Å². The molecule has 0 heterocycles. The molecule has 11 heteroatoms. The molecule has 0 aliphatic rings. The molecular weight excluding hydrogens is 585 g/mol. The van der Waals surface area contributed by atoms with Crippen molar-refractivity contribution in [1.29, 1.82) is 0 Å². The van der Waals surface area contributed by atoms with E-state index in [-0.39, 0.29) is 23.0 Å². The summed E-state index contributed by atoms with van der Waals surface area (Å²) in [5.41, 5.74) is 0.884. The normalized spacial score (nSPS) is 11.9. The number of nitrogens with zero attached hydrogens (tertiary/aromatic N) is 2. The molecule has 0 bridgehead atoms. The minimum absolute atomic E-state index is 0.0231. The Bertz CT molecular complexity index is 1420. The fourth-order valence-electron chi connectivity index (χ4n) is 4.25. The van der Waals surface area contributed by atoms with Crippen LogP contribution in [0, 0.1) is 0 Å². The summed E-state index contributed by atoms with van der Waals surface area (Å²) in [6.45, 7) is 3.77. The molecule has 1 atom stereocenters. The number of unbranched alkanes of at least 4 members (excludes halogenated alkanes) is 1. The zero-order valence-corrected chi connectivity index (χ0v) is 25.7. The number of amides is 2. The number of benzene rings is 3. The lowest BCUT2D eigenvalue weighted by molar-refractivity contribution is -0.140. The van der Waals surface area contributed by atoms with Crippen molar-refractivity contribution in [2.24, 2.45) is 0 Å². The van der Waals surface area contributed by atoms with E-state index in [0.717, 1.165) is 17.1 Å². The average Bonchev–Trinajstić information content (AvgIpc) is 2.97. The highest BCUT2D eigenvalue weighted by Gasteiger charge is 2.34. The quantitative estimate of drug-likeness (QED) is 0.226. The molecule has 3 rings (SSSR count). The van der Waals surface area contributed by atoms with Crippen LogP contribution in [0.1, 0.15) is 38.7 Å². The first-order valence-electron chi connectivity index (χ1n) is 13.3. The van der Waals surface area contributed by atoms with Gasteiger partial charge in [0.15, 0.2) is 0 Å². The van der Waals surface area contributed by atoms with Gasteiger partial charge in [-0.15, -0.1) is 0 Å². The molecule has 0 radical (unpaired) electrons. The van der Waals surface area contributed by atoms with Crippen LogP contribution >= 0.6 is 23.2 Å². The predicted molar refractivity (Wildman–Crippen MR) is 163 cm³/mol. The maximum atomic E-state index is 14.1. The molecule has 0 fully saturated rings. The first-order chi connectivity index (χ1) is 19.6. The van der Waals surface area contributed by atoms with Crippen molar-refractivity contribution in [2.45, 2.75) is 50.6 Å². The van der Waals surface area contributed by atoms with Gasteiger partial charge in [-0.2, -0.15) is 0 Å². The molecular formula is C30H35Cl2N3O5S. The van der Waals surface area contributed by atoms with Crippen molar-refractivity contribution in [3.63, 3.8) is 0 Å². The van der Waals surface area contributed by atoms with Crippen molar-refractivity contribution in [2.75, 3.05) is 24.5 Å². The van der Waals surface area contributed by atoms with Crippen molar-refractivity contribution in [3.8, 4) is 5.75 Å². The Balaban J connectivity index is 2.04. The second kappa shape index (κ2) is 15.1. The topological polar surface area (TPSA) is 96.0 Å². The van der Waals surface area contributed by atoms with E-state index in [1.54, 1.807) is 36.4 Å². The second-order valence-corrected chi connectivity index (χ2v) is 12.1. The molecule has 41 heavy (non-hydrogen) atoms. The van der Waals surface area contributed by atoms with Crippen LogP contribution in [0.3, 0.4) is 0 Å². The molecule has 3 aromatic carbocycles. The summed E-state index contributed by atoms with van der Waals surface area (Å²) < 4.78 is 34.0. The monoisotopic (exact) mass is 619 g/mol. The van der Waals surface area contributed by atoms with Gasteiger partial charge in [-0.05, 0) is 73.0 Å². The van der Waals surface area contributed by atoms with Crippen LogP contribution in [0.25, 0.3) is 0 Å². The number of carbonyl (C=O) groups is 2. The van der Waals surface area contributed by atoms with E-state index in [0.29, 0.717) is 34.3 Å². The lowest BCUT2D eigenvalue weighted by atomic mass is 10.1. The van der Waals surface area contributed by atoms with Crippen molar-refractivity contribution in [1.82, 2.24) is 10.2 Å². The Hall–Kier alpha value is -3.27. The van der Waals surface area contributed by atoms with Crippen molar-refractivity contribution >= 4 is 50.7 Å². The van der Waals surface area contributed by atoms with Crippen LogP contribution in [0.4, 0.5) is 5.69 Å². The third kappa shape index (κ3) is 8.38. The van der Waals surface area contributed by atoms with E-state index in [1.165, 1.54) is 48.4 Å². The fourth-order valence-corrected chi connectivity index (χ4v) is 5.98. The minimum Gasteiger partial charge on any atom is -0.497 e. The number of anilines is 1. The number of hydrogen-bond acceptors (Lipinski definition) is 5. The molecule has 0 aromatic heterocycles. The summed E-state index contributed by atoms with van der Waals surface area (Å²) in [5, 5.41) is 3.76. The maximum absolute atomic E-state index is 14.1. The van der Waals surface area contributed by atoms with Crippen LogP contribution in [0.15, 0.2) is 77.7 Å². The van der Waals surface area contributed by atoms with E-state index in [4.69, 9.17) is 27.9 Å². The fraction of sp³-hybridized carbons (Fsp3) is 0.333. The van der Waals surface area contributed by atoms with E-state index >= 15 is 0 Å². The van der Waals surface area contributed by atoms with Gasteiger partial charge in [0.25, 0.3) is 10.0 Å². The zero-order chi connectivity index (χ0) is 30.0. The third-order valence-corrected chi connectivity index (χ3v) is 8.96. The molecule has 1 unspecified atom stereocenters. The van der Waals surface area contributed by atoms with Crippen LogP contribution < -0.4 is 14.4 Å². The number of ether oxygens (including phenoxy) is 1. The van der Waals surface area contributed by atoms with Gasteiger partial charge < -0.3 is 15.0 Å². The number of hydrogen-bond donors (Lipinski definition) is 1. The van der Waals surface area contributed by atoms with Crippen LogP contribution in [-0.4, -0.2) is 51.4 Å². The summed E-state index contributed by atoms with van der Waals surface area (Å²) in [6.07, 6.45) is 2.02. The van der Waals surface area contributed by atoms with Crippen LogP contribution in [0.5, 0.6) is 5.75 Å². The van der Waals surface area contributed by atoms with E-state index < -0.39 is 28.5 Å². The largest absolute Gasteiger partial charge is 0.497 e. The summed E-state index contributed by atoms with van der Waals surface area (Å²) in [4.78, 5) is 28.7. The molecule has 1 N–H and O–H groups in total. The van der Waals surface area contributed by atoms with Gasteiger partial charge in [0, 0.05) is 23.1 Å². The summed E-state index contributed by atoms with van der Waals surface area (Å²) >= 11 is 12.5. The number of rotatable bonds is 14. The Labute approximate surface area is 252 Å². The first-order valence-corrected chi connectivity index (χ1v) is 15.5. The van der Waals surface area contributed by atoms with Gasteiger partial charge >= 0.3 is 0 Å². The molecule has 220 valence electrons. The SMILES string of the molecule is CCCCNC(=O)C(CC)N(Cc1ccccc1Cl)C(=O)CN(c1ccc(Cl)cc1)S(=O)(=O)c1ccc(OC)cc1. The number of carbonyl (C=O) groups excluding carboxylic acids is 2. The molecule has 0 aliphatic carbocycles. The second-order valence-electron chi connectivity index (χ2n) is 9.35. The van der Waals surface area contributed by atoms with Crippen molar-refractivity contribution in [3.05, 3.63) is 88.4 Å². The van der Waals surface area contributed by atoms with Crippen LogP contribution in [-0.2, 0) is 26.2 Å². The molecule has 0 spiro atoms. The van der Waals surface area contributed by atoms with Gasteiger partial charge in [-0.25, -0.2) is 8.42 Å². The first kappa shape index (κ1) is 32.2. The van der Waals surface area contributed by atoms with Gasteiger partial charge in [-0.1, -0.05) is 61.7 Å². The Morgan fingerprint density at radius 2 is 1.61 bits per heavy atom. The number of nitrogens with one attached hydrogen (secondary N) is 1. The Morgan fingerprint density at radius 1 is 0.951 bits per heavy atom. The van der Waals surface area contributed by atoms with Crippen molar-refractivity contribution < 1.29 is 22.7 Å². The Kier molecular flexibility index (Phi) is 11.9. The van der Waals surface area contributed by atoms with E-state index in [2.05, 4.69) is 5.32 Å². The molecule has 0 aliphatic heterocycles. The van der Waals surface area contributed by atoms with E-state index in [1.807, 2.05) is 13.8 Å². The zero-order valence-electron chi connectivity index (χ0n) is 23.3. The minimum atomic E-state index is -4.21. The predicted octanol–water partition coefficient (Wildman–Crippen LogP) is 5.92. The van der Waals surface area contributed by atoms with Crippen LogP contribution in [0.2, 0.25) is 10.0 Å². The highest BCUT2D eigenvalue weighted by molar-refractivity contribution is 7.92. The highest BCUT2D eigenvalue weighted by atomic mass is 35.5. The lowest BCUT2D eigenvalue weighted by Crippen LogP contribution is -2.52. The molecule has 0 saturated carbocycles. The maximum Gasteiger partial charge on any atom is 0.264 e. The molecule has 3 aromatic rings. The molecule has 0 saturated heterocycles. The lowest BCUT2D eigenvalue weighted by Gasteiger charge is -2.33. The summed E-state index contributed by atoms with van der Waals surface area (Å²) in [7, 11) is -2.73. The van der Waals surface area contributed by atoms with Gasteiger partial charge in [0.1, 0.15) is 18.3 Å². The molecule has 2 amide bonds. The average molecular weight is 621 g/mol. The smallest absolute Gasteiger partial charge is 0.264 e. The van der Waals surface area contributed by atoms with Gasteiger partial charge in [0.05, 0.1) is 17.7 Å². The standard InChI is InChI=1S/C30H35Cl2N3O5S/c1-4-6-19-33-30(37)28(5-2)34(20-22-9-7-8-10-27(22)32)29(36)21-35(24-13-11-23(31)12-14-24)41(38,39)26-17-15-25(40-3)16-18-26/h7-18,28H,4-6,19-21H2,1-3H3,(H,33,37). The number of halogens is 2. The van der Waals surface area contributed by atoms with Gasteiger partial charge in [-0.3, -0.25) is 13.9 Å². The highest BCUT2D eigenvalue weighted by Crippen LogP contribution is 2.28. The number of methoxy groups -OCH3 is 1. The summed E-state index contributed by atoms with van der Waals surface area (Å²) in [5.74, 6) is -0.379. The Morgan fingerprint density at radius 3 is 2.20 bits per heavy atom. The third-order valence-electron chi connectivity index (χ3n) is 6.55.